The van der Waals surface area contributed by atoms with Gasteiger partial charge in [-0.05, 0) is 36.4 Å². The molecule has 0 amide bonds. The van der Waals surface area contributed by atoms with Gasteiger partial charge in [-0.2, -0.15) is 30.2 Å². The number of fused-ring (bicyclic) bond motifs is 2. The summed E-state index contributed by atoms with van der Waals surface area (Å²) in [5.41, 5.74) is 0. The van der Waals surface area contributed by atoms with Gasteiger partial charge in [-0.15, -0.1) is 5.92 Å². The molecular formula is C31H43P3Rh+2. The number of benzene rings is 3. The van der Waals surface area contributed by atoms with Crippen LogP contribution in [0.15, 0.2) is 115 Å². The maximum Gasteiger partial charge on any atom is 0.0908 e. The summed E-state index contributed by atoms with van der Waals surface area (Å²) in [5, 5.41) is 4.55. The Bertz CT molecular complexity index is 836. The first-order valence-corrected chi connectivity index (χ1v) is 19.7. The van der Waals surface area contributed by atoms with Gasteiger partial charge in [-0.3, -0.25) is 0 Å². The van der Waals surface area contributed by atoms with Gasteiger partial charge in [0.15, 0.2) is 0 Å². The molecule has 2 aliphatic rings. The minimum Gasteiger partial charge on any atom is -0.184 e. The van der Waals surface area contributed by atoms with Gasteiger partial charge in [0.05, 0.1) is 55.9 Å². The van der Waals surface area contributed by atoms with Crippen LogP contribution in [0.4, 0.5) is 0 Å². The molecule has 35 heavy (non-hydrogen) atoms. The Kier molecular flexibility index (Phi) is 16.6. The third-order valence-electron chi connectivity index (χ3n) is 5.64. The molecule has 4 heteroatoms. The Morgan fingerprint density at radius 1 is 0.514 bits per heavy atom. The first-order valence-electron chi connectivity index (χ1n) is 12.2. The summed E-state index contributed by atoms with van der Waals surface area (Å²) in [6.45, 7) is 13.8. The molecule has 0 saturated heterocycles. The van der Waals surface area contributed by atoms with Crippen molar-refractivity contribution in [2.24, 2.45) is 5.92 Å². The molecule has 0 aromatic heterocycles. The summed E-state index contributed by atoms with van der Waals surface area (Å²) in [6.07, 6.45) is 10.2. The fraction of sp³-hybridized carbons (Fsp3) is 0.258. The maximum atomic E-state index is 2.31. The van der Waals surface area contributed by atoms with Gasteiger partial charge in [-0.25, -0.2) is 0 Å². The van der Waals surface area contributed by atoms with E-state index in [2.05, 4.69) is 155 Å². The van der Waals surface area contributed by atoms with Gasteiger partial charge in [-0.1, -0.05) is 61.0 Å². The van der Waals surface area contributed by atoms with Crippen molar-refractivity contribution in [1.82, 2.24) is 0 Å². The van der Waals surface area contributed by atoms with Crippen LogP contribution in [0.2, 0.25) is 0 Å². The maximum absolute atomic E-state index is 2.31. The normalized spacial score (nSPS) is 12.9. The molecule has 3 aromatic rings. The SMILES string of the molecule is C1=CC2C=C[C-]1C2.C[PH+](C)c1ccccc1.C[PH+](C)c1ccccc1.C[PH+](C)c1ccccc1.[Rh]. The van der Waals surface area contributed by atoms with Crippen molar-refractivity contribution in [2.45, 2.75) is 6.42 Å². The summed E-state index contributed by atoms with van der Waals surface area (Å²) < 4.78 is 0. The molecule has 5 rings (SSSR count). The molecule has 2 aliphatic carbocycles. The zero-order valence-electron chi connectivity index (χ0n) is 22.1. The summed E-state index contributed by atoms with van der Waals surface area (Å²) in [4.78, 5) is 0. The standard InChI is InChI=1S/3C8H11P.C7H7.Rh/c3*1-9(2)8-6-4-3-5-7-8;1-2-7-4-3-6(1)5-7;/h3*3-7H,1-2H3;1-4,6H,5H2;/q;;;-1;/p+3. The predicted molar refractivity (Wildman–Crippen MR) is 168 cm³/mol. The van der Waals surface area contributed by atoms with E-state index >= 15 is 0 Å². The van der Waals surface area contributed by atoms with Gasteiger partial charge in [0.2, 0.25) is 0 Å². The fourth-order valence-corrected chi connectivity index (χ4v) is 6.05. The quantitative estimate of drug-likeness (QED) is 0.169. The Balaban J connectivity index is 0.000000232. The number of rotatable bonds is 3. The van der Waals surface area contributed by atoms with Gasteiger partial charge < -0.3 is 0 Å². The zero-order valence-corrected chi connectivity index (χ0v) is 26.7. The fourth-order valence-electron chi connectivity index (χ4n) is 3.47. The van der Waals surface area contributed by atoms with E-state index in [4.69, 9.17) is 0 Å². The summed E-state index contributed by atoms with van der Waals surface area (Å²) in [6, 6.07) is 32.0. The van der Waals surface area contributed by atoms with Gasteiger partial charge in [0.25, 0.3) is 0 Å². The molecule has 0 nitrogen and oxygen atoms in total. The van der Waals surface area contributed by atoms with E-state index in [9.17, 15) is 0 Å². The van der Waals surface area contributed by atoms with Crippen molar-refractivity contribution in [2.75, 3.05) is 40.0 Å². The molecule has 0 heterocycles. The van der Waals surface area contributed by atoms with Crippen LogP contribution in [0.1, 0.15) is 6.42 Å². The van der Waals surface area contributed by atoms with Crippen molar-refractivity contribution in [3.8, 4) is 0 Å². The van der Waals surface area contributed by atoms with Crippen LogP contribution in [0, 0.1) is 11.8 Å². The van der Waals surface area contributed by atoms with Crippen LogP contribution in [-0.2, 0) is 19.5 Å². The van der Waals surface area contributed by atoms with E-state index < -0.39 is 0 Å². The molecule has 3 aromatic carbocycles. The van der Waals surface area contributed by atoms with Crippen molar-refractivity contribution in [3.05, 3.63) is 121 Å². The average Bonchev–Trinajstić information content (AvgIpc) is 3.53. The van der Waals surface area contributed by atoms with Gasteiger partial charge >= 0.3 is 0 Å². The average molecular weight is 612 g/mol. The Morgan fingerprint density at radius 3 is 0.914 bits per heavy atom. The van der Waals surface area contributed by atoms with Crippen LogP contribution in [0.25, 0.3) is 0 Å². The van der Waals surface area contributed by atoms with Gasteiger partial charge in [0, 0.05) is 43.2 Å². The van der Waals surface area contributed by atoms with Crippen molar-refractivity contribution in [1.29, 1.82) is 0 Å². The Labute approximate surface area is 231 Å². The van der Waals surface area contributed by atoms with Crippen molar-refractivity contribution < 1.29 is 19.5 Å². The summed E-state index contributed by atoms with van der Waals surface area (Å²) in [7, 11) is -0.637. The number of allylic oxidation sites excluding steroid dienone is 4. The molecule has 0 aliphatic heterocycles. The van der Waals surface area contributed by atoms with E-state index in [0.29, 0.717) is 0 Å². The molecule has 0 spiro atoms. The largest absolute Gasteiger partial charge is 0.184 e. The first kappa shape index (κ1) is 32.0. The smallest absolute Gasteiger partial charge is 0.0908 e. The zero-order chi connectivity index (χ0) is 24.8. The topological polar surface area (TPSA) is 0 Å². The van der Waals surface area contributed by atoms with E-state index in [0.717, 1.165) is 5.92 Å². The van der Waals surface area contributed by atoms with E-state index in [1.54, 1.807) is 0 Å². The summed E-state index contributed by atoms with van der Waals surface area (Å²) in [5.74, 6) is 2.28. The third kappa shape index (κ3) is 13.2. The minimum atomic E-state index is -0.212. The van der Waals surface area contributed by atoms with E-state index in [1.165, 1.54) is 28.3 Å². The Morgan fingerprint density at radius 2 is 0.800 bits per heavy atom. The molecule has 189 valence electrons. The molecule has 0 fully saturated rings. The van der Waals surface area contributed by atoms with Crippen molar-refractivity contribution >= 4 is 39.7 Å². The second kappa shape index (κ2) is 18.2. The van der Waals surface area contributed by atoms with Crippen LogP contribution < -0.4 is 15.9 Å². The van der Waals surface area contributed by atoms with E-state index in [-0.39, 0.29) is 43.2 Å². The van der Waals surface area contributed by atoms with Crippen molar-refractivity contribution in [3.63, 3.8) is 0 Å². The minimum absolute atomic E-state index is 0. The third-order valence-corrected chi connectivity index (χ3v) is 10.1. The van der Waals surface area contributed by atoms with E-state index in [1.807, 2.05) is 0 Å². The first-order chi connectivity index (χ1) is 16.4. The Hall–Kier alpha value is -1.08. The second-order valence-corrected chi connectivity index (χ2v) is 17.0. The van der Waals surface area contributed by atoms with Crippen LogP contribution in [0.3, 0.4) is 0 Å². The molecule has 2 bridgehead atoms. The molecular weight excluding hydrogens is 568 g/mol. The summed E-state index contributed by atoms with van der Waals surface area (Å²) >= 11 is 0. The monoisotopic (exact) mass is 611 g/mol. The van der Waals surface area contributed by atoms with Crippen LogP contribution >= 0.6 is 23.8 Å². The molecule has 0 N–H and O–H groups in total. The van der Waals surface area contributed by atoms with Crippen LogP contribution in [-0.4, -0.2) is 40.0 Å². The predicted octanol–water partition coefficient (Wildman–Crippen LogP) is 7.06. The number of hydrogen-bond donors (Lipinski definition) is 0. The van der Waals surface area contributed by atoms with Gasteiger partial charge in [0.1, 0.15) is 0 Å². The van der Waals surface area contributed by atoms with Crippen LogP contribution in [0.5, 0.6) is 0 Å². The molecule has 1 radical (unpaired) electrons. The molecule has 0 saturated carbocycles. The second-order valence-electron chi connectivity index (χ2n) is 9.26. The number of hydrogen-bond acceptors (Lipinski definition) is 0. The molecule has 0 atom stereocenters. The molecule has 0 unspecified atom stereocenters.